The predicted octanol–water partition coefficient (Wildman–Crippen LogP) is 4.59. The van der Waals surface area contributed by atoms with E-state index in [9.17, 15) is 27.6 Å². The molecule has 3 aromatic rings. The van der Waals surface area contributed by atoms with Gasteiger partial charge >= 0.3 is 12.0 Å². The molecule has 1 aliphatic heterocycles. The highest BCUT2D eigenvalue weighted by molar-refractivity contribution is 7.90. The molecule has 3 N–H and O–H groups in total. The second-order valence-corrected chi connectivity index (χ2v) is 13.8. The van der Waals surface area contributed by atoms with Crippen molar-refractivity contribution in [1.29, 1.82) is 0 Å². The number of halogens is 1. The van der Waals surface area contributed by atoms with Gasteiger partial charge in [-0.15, -0.1) is 0 Å². The molecule has 4 amide bonds. The van der Waals surface area contributed by atoms with Crippen molar-refractivity contribution in [2.45, 2.75) is 62.5 Å². The summed E-state index contributed by atoms with van der Waals surface area (Å²) in [5.74, 6) is -0.584. The third kappa shape index (κ3) is 9.15. The number of benzene rings is 3. The molecule has 5 rings (SSSR count). The minimum Gasteiger partial charge on any atom is -0.496 e. The fourth-order valence-electron chi connectivity index (χ4n) is 5.54. The fourth-order valence-corrected chi connectivity index (χ4v) is 6.63. The molecule has 1 saturated carbocycles. The second-order valence-electron chi connectivity index (χ2n) is 11.7. The first-order chi connectivity index (χ1) is 23.4. The van der Waals surface area contributed by atoms with Gasteiger partial charge in [0, 0.05) is 23.3 Å². The first-order valence-electron chi connectivity index (χ1n) is 15.6. The molecule has 49 heavy (non-hydrogen) atoms. The standard InChI is InChI=1S/C34H36ClN5O8S/c1-21-19-31(41)40(38-21)26-10-5-23(6-11-26)33(43)48-27-12-8-25(9-13-27)37-34(44)39-49(45,46)28-14-3-22(4-15-28)17-18-36-32(42)29-20-24(35)7-16-30(29)47-2/h3-7,10-11,14-16,20,25,27H,8-9,12-13,17-19H2,1-2H3,(H,36,42)(H2,37,39,44). The van der Waals surface area contributed by atoms with Crippen LogP contribution in [0.1, 0.15) is 65.3 Å². The zero-order valence-corrected chi connectivity index (χ0v) is 28.5. The number of ether oxygens (including phenoxy) is 2. The molecule has 0 saturated heterocycles. The van der Waals surface area contributed by atoms with Crippen LogP contribution in [0.15, 0.2) is 76.7 Å². The minimum atomic E-state index is -4.14. The van der Waals surface area contributed by atoms with Gasteiger partial charge in [0.15, 0.2) is 0 Å². The highest BCUT2D eigenvalue weighted by Crippen LogP contribution is 2.25. The molecule has 2 aliphatic rings. The maximum Gasteiger partial charge on any atom is 0.338 e. The molecule has 1 fully saturated rings. The number of nitrogens with zero attached hydrogens (tertiary/aromatic N) is 2. The number of nitrogens with one attached hydrogen (secondary N) is 3. The average Bonchev–Trinajstić information content (AvgIpc) is 3.42. The summed E-state index contributed by atoms with van der Waals surface area (Å²) in [7, 11) is -2.68. The van der Waals surface area contributed by atoms with Gasteiger partial charge in [-0.3, -0.25) is 9.59 Å². The van der Waals surface area contributed by atoms with Gasteiger partial charge in [0.1, 0.15) is 11.9 Å². The van der Waals surface area contributed by atoms with E-state index in [2.05, 4.69) is 20.5 Å². The Kier molecular flexibility index (Phi) is 11.2. The van der Waals surface area contributed by atoms with Gasteiger partial charge in [-0.2, -0.15) is 5.10 Å². The van der Waals surface area contributed by atoms with Crippen LogP contribution in [0.3, 0.4) is 0 Å². The number of hydrogen-bond acceptors (Lipinski definition) is 9. The third-order valence-corrected chi connectivity index (χ3v) is 9.69. The van der Waals surface area contributed by atoms with Crippen molar-refractivity contribution in [1.82, 2.24) is 15.4 Å². The van der Waals surface area contributed by atoms with Crippen molar-refractivity contribution >= 4 is 56.8 Å². The van der Waals surface area contributed by atoms with Crippen LogP contribution in [-0.4, -0.2) is 63.7 Å². The van der Waals surface area contributed by atoms with E-state index in [1.165, 1.54) is 30.3 Å². The Labute approximate surface area is 289 Å². The van der Waals surface area contributed by atoms with Crippen LogP contribution in [0.25, 0.3) is 0 Å². The molecule has 0 aromatic heterocycles. The Morgan fingerprint density at radius 3 is 2.31 bits per heavy atom. The SMILES string of the molecule is COc1ccc(Cl)cc1C(=O)NCCc1ccc(S(=O)(=O)NC(=O)NC2CCC(OC(=O)c3ccc(N4N=C(C)CC4=O)cc3)CC2)cc1. The smallest absolute Gasteiger partial charge is 0.338 e. The number of sulfonamides is 1. The van der Waals surface area contributed by atoms with Crippen LogP contribution >= 0.6 is 11.6 Å². The Hall–Kier alpha value is -4.95. The lowest BCUT2D eigenvalue weighted by Crippen LogP contribution is -2.46. The molecule has 258 valence electrons. The normalized spacial score (nSPS) is 17.6. The quantitative estimate of drug-likeness (QED) is 0.243. The number of amides is 4. The largest absolute Gasteiger partial charge is 0.496 e. The molecule has 0 atom stereocenters. The number of anilines is 1. The summed E-state index contributed by atoms with van der Waals surface area (Å²) in [6.45, 7) is 2.06. The van der Waals surface area contributed by atoms with E-state index in [-0.39, 0.29) is 41.8 Å². The predicted molar refractivity (Wildman–Crippen MR) is 182 cm³/mol. The van der Waals surface area contributed by atoms with Crippen molar-refractivity contribution in [2.24, 2.45) is 5.10 Å². The zero-order valence-electron chi connectivity index (χ0n) is 26.9. The highest BCUT2D eigenvalue weighted by atomic mass is 35.5. The van der Waals surface area contributed by atoms with E-state index in [1.54, 1.807) is 55.5 Å². The molecular formula is C34H36ClN5O8S. The van der Waals surface area contributed by atoms with Crippen molar-refractivity contribution in [3.05, 3.63) is 88.4 Å². The lowest BCUT2D eigenvalue weighted by atomic mass is 9.93. The third-order valence-electron chi connectivity index (χ3n) is 8.11. The Morgan fingerprint density at radius 1 is 0.980 bits per heavy atom. The molecule has 1 heterocycles. The van der Waals surface area contributed by atoms with Crippen molar-refractivity contribution < 1.29 is 37.1 Å². The number of carbonyl (C=O) groups is 4. The van der Waals surface area contributed by atoms with Crippen LogP contribution in [0, 0.1) is 0 Å². The van der Waals surface area contributed by atoms with Gasteiger partial charge in [0.05, 0.1) is 35.2 Å². The number of hydrazone groups is 1. The second kappa shape index (κ2) is 15.5. The topological polar surface area (TPSA) is 173 Å². The highest BCUT2D eigenvalue weighted by Gasteiger charge is 2.28. The number of methoxy groups -OCH3 is 1. The summed E-state index contributed by atoms with van der Waals surface area (Å²) in [6, 6.07) is 16.1. The fraction of sp³-hybridized carbons (Fsp3) is 0.324. The van der Waals surface area contributed by atoms with Gasteiger partial charge in [0.25, 0.3) is 21.8 Å². The monoisotopic (exact) mass is 709 g/mol. The van der Waals surface area contributed by atoms with Gasteiger partial charge < -0.3 is 20.1 Å². The summed E-state index contributed by atoms with van der Waals surface area (Å²) in [4.78, 5) is 49.8. The van der Waals surface area contributed by atoms with Gasteiger partial charge in [-0.05, 0) is 99.2 Å². The van der Waals surface area contributed by atoms with Gasteiger partial charge in [-0.25, -0.2) is 27.7 Å². The molecular weight excluding hydrogens is 674 g/mol. The zero-order chi connectivity index (χ0) is 35.1. The Morgan fingerprint density at radius 2 is 1.67 bits per heavy atom. The molecule has 15 heteroatoms. The van der Waals surface area contributed by atoms with Crippen molar-refractivity contribution in [3.63, 3.8) is 0 Å². The molecule has 13 nitrogen and oxygen atoms in total. The van der Waals surface area contributed by atoms with E-state index in [0.29, 0.717) is 59.7 Å². The molecule has 1 aliphatic carbocycles. The molecule has 0 spiro atoms. The first-order valence-corrected chi connectivity index (χ1v) is 17.5. The maximum atomic E-state index is 12.8. The van der Waals surface area contributed by atoms with Gasteiger partial charge in [0.2, 0.25) is 0 Å². The first kappa shape index (κ1) is 35.4. The lowest BCUT2D eigenvalue weighted by Gasteiger charge is -2.29. The number of hydrogen-bond donors (Lipinski definition) is 3. The van der Waals surface area contributed by atoms with Crippen LogP contribution in [0.5, 0.6) is 5.75 Å². The van der Waals surface area contributed by atoms with Crippen LogP contribution in [0.2, 0.25) is 5.02 Å². The summed E-state index contributed by atoms with van der Waals surface area (Å²) in [5.41, 5.74) is 2.71. The Bertz CT molecular complexity index is 1860. The van der Waals surface area contributed by atoms with E-state index >= 15 is 0 Å². The van der Waals surface area contributed by atoms with Crippen LogP contribution < -0.4 is 25.1 Å². The average molecular weight is 710 g/mol. The van der Waals surface area contributed by atoms with Crippen LogP contribution in [-0.2, 0) is 26.0 Å². The van der Waals surface area contributed by atoms with Crippen molar-refractivity contribution in [3.8, 4) is 5.75 Å². The summed E-state index contributed by atoms with van der Waals surface area (Å²) in [6.07, 6.45) is 2.32. The van der Waals surface area contributed by atoms with E-state index in [4.69, 9.17) is 21.1 Å². The maximum absolute atomic E-state index is 12.8. The van der Waals surface area contributed by atoms with E-state index in [0.717, 1.165) is 11.3 Å². The Balaban J connectivity index is 1.03. The lowest BCUT2D eigenvalue weighted by molar-refractivity contribution is -0.116. The molecule has 0 radical (unpaired) electrons. The summed E-state index contributed by atoms with van der Waals surface area (Å²) < 4.78 is 38.6. The molecule has 0 unspecified atom stereocenters. The minimum absolute atomic E-state index is 0.0855. The number of rotatable bonds is 11. The van der Waals surface area contributed by atoms with E-state index < -0.39 is 22.0 Å². The summed E-state index contributed by atoms with van der Waals surface area (Å²) >= 11 is 6.00. The van der Waals surface area contributed by atoms with Gasteiger partial charge in [-0.1, -0.05) is 23.7 Å². The van der Waals surface area contributed by atoms with E-state index in [1.807, 2.05) is 0 Å². The molecule has 0 bridgehead atoms. The number of carbonyl (C=O) groups excluding carboxylic acids is 4. The molecule has 3 aromatic carbocycles. The number of urea groups is 1. The number of esters is 1. The summed E-state index contributed by atoms with van der Waals surface area (Å²) in [5, 5.41) is 11.4. The van der Waals surface area contributed by atoms with Crippen LogP contribution in [0.4, 0.5) is 10.5 Å². The van der Waals surface area contributed by atoms with Crippen molar-refractivity contribution in [2.75, 3.05) is 18.7 Å².